The topological polar surface area (TPSA) is 66.5 Å². The molecule has 5 nitrogen and oxygen atoms in total. The van der Waals surface area contributed by atoms with Crippen molar-refractivity contribution in [3.05, 3.63) is 41.5 Å². The molecule has 2 bridgehead atoms. The average Bonchev–Trinajstić information content (AvgIpc) is 3.43. The maximum atomic E-state index is 12.9. The van der Waals surface area contributed by atoms with Gasteiger partial charge in [0.25, 0.3) is 0 Å². The number of hydrogen-bond acceptors (Lipinski definition) is 3. The predicted octanol–water partition coefficient (Wildman–Crippen LogP) is 2.69. The largest absolute Gasteiger partial charge is 0.326 e. The smallest absolute Gasteiger partial charge is 0.233 e. The van der Waals surface area contributed by atoms with Crippen molar-refractivity contribution < 1.29 is 14.4 Å². The molecule has 1 aliphatic heterocycles. The van der Waals surface area contributed by atoms with E-state index in [1.807, 2.05) is 32.0 Å². The summed E-state index contributed by atoms with van der Waals surface area (Å²) >= 11 is 0. The Bertz CT molecular complexity index is 854. The van der Waals surface area contributed by atoms with Crippen LogP contribution in [0.5, 0.6) is 0 Å². The number of hydrogen-bond donors (Lipinski definition) is 1. The van der Waals surface area contributed by atoms with Crippen molar-refractivity contribution >= 4 is 23.4 Å². The molecule has 0 radical (unpaired) electrons. The van der Waals surface area contributed by atoms with E-state index in [1.54, 1.807) is 0 Å². The van der Waals surface area contributed by atoms with Gasteiger partial charge < -0.3 is 5.32 Å². The highest BCUT2D eigenvalue weighted by atomic mass is 16.2. The molecule has 0 spiro atoms. The Kier molecular flexibility index (Phi) is 3.58. The number of nitrogens with one attached hydrogen (secondary N) is 1. The van der Waals surface area contributed by atoms with E-state index in [2.05, 4.69) is 17.5 Å². The highest BCUT2D eigenvalue weighted by Gasteiger charge is 2.66. The second-order valence-electron chi connectivity index (χ2n) is 8.53. The first-order valence-electron chi connectivity index (χ1n) is 9.87. The summed E-state index contributed by atoms with van der Waals surface area (Å²) in [6, 6.07) is 5.78. The summed E-state index contributed by atoms with van der Waals surface area (Å²) in [4.78, 5) is 39.6. The minimum atomic E-state index is -0.182. The van der Waals surface area contributed by atoms with E-state index in [0.29, 0.717) is 11.8 Å². The van der Waals surface area contributed by atoms with Crippen molar-refractivity contribution in [1.82, 2.24) is 4.90 Å². The molecular weight excluding hydrogens is 340 g/mol. The Morgan fingerprint density at radius 1 is 1.07 bits per heavy atom. The van der Waals surface area contributed by atoms with Gasteiger partial charge in [-0.15, -0.1) is 0 Å². The number of allylic oxidation sites excluding steroid dienone is 2. The molecule has 6 atom stereocenters. The Morgan fingerprint density at radius 3 is 2.33 bits per heavy atom. The lowest BCUT2D eigenvalue weighted by molar-refractivity contribution is -0.140. The quantitative estimate of drug-likeness (QED) is 0.660. The molecule has 0 unspecified atom stereocenters. The number of carbonyl (C=O) groups is 3. The van der Waals surface area contributed by atoms with Crippen LogP contribution < -0.4 is 5.32 Å². The maximum Gasteiger partial charge on any atom is 0.233 e. The molecule has 0 aromatic heterocycles. The third-order valence-corrected chi connectivity index (χ3v) is 7.20. The second-order valence-corrected chi connectivity index (χ2v) is 8.53. The van der Waals surface area contributed by atoms with Crippen LogP contribution in [0, 0.1) is 49.4 Å². The van der Waals surface area contributed by atoms with Gasteiger partial charge in [-0.1, -0.05) is 24.3 Å². The molecule has 5 heteroatoms. The van der Waals surface area contributed by atoms with Gasteiger partial charge in [-0.2, -0.15) is 0 Å². The Morgan fingerprint density at radius 2 is 1.70 bits per heavy atom. The lowest BCUT2D eigenvalue weighted by Gasteiger charge is -2.37. The number of nitrogens with zero attached hydrogens (tertiary/aromatic N) is 1. The molecule has 3 fully saturated rings. The van der Waals surface area contributed by atoms with Gasteiger partial charge >= 0.3 is 0 Å². The number of benzene rings is 1. The lowest BCUT2D eigenvalue weighted by atomic mass is 9.63. The molecule has 27 heavy (non-hydrogen) atoms. The number of aryl methyl sites for hydroxylation is 1. The zero-order valence-electron chi connectivity index (χ0n) is 15.6. The van der Waals surface area contributed by atoms with Crippen molar-refractivity contribution in [3.63, 3.8) is 0 Å². The Balaban J connectivity index is 1.26. The van der Waals surface area contributed by atoms with Crippen LogP contribution in [0.25, 0.3) is 0 Å². The molecule has 1 saturated heterocycles. The summed E-state index contributed by atoms with van der Waals surface area (Å²) in [7, 11) is 0. The summed E-state index contributed by atoms with van der Waals surface area (Å²) in [5.41, 5.74) is 2.94. The molecule has 1 heterocycles. The van der Waals surface area contributed by atoms with Crippen LogP contribution in [0.4, 0.5) is 5.69 Å². The van der Waals surface area contributed by atoms with Gasteiger partial charge in [0.1, 0.15) is 0 Å². The zero-order chi connectivity index (χ0) is 18.9. The molecule has 1 aromatic rings. The normalized spacial score (nSPS) is 35.3. The van der Waals surface area contributed by atoms with Gasteiger partial charge in [-0.05, 0) is 61.1 Å². The molecule has 140 valence electrons. The third kappa shape index (κ3) is 2.40. The minimum Gasteiger partial charge on any atom is -0.326 e. The summed E-state index contributed by atoms with van der Waals surface area (Å²) in [5.74, 6) is 1.02. The number of imide groups is 1. The van der Waals surface area contributed by atoms with Crippen LogP contribution >= 0.6 is 0 Å². The maximum absolute atomic E-state index is 12.9. The van der Waals surface area contributed by atoms with Crippen molar-refractivity contribution in [2.75, 3.05) is 11.9 Å². The molecule has 1 N–H and O–H groups in total. The molecular formula is C22H24N2O3. The van der Waals surface area contributed by atoms with Crippen molar-refractivity contribution in [2.24, 2.45) is 35.5 Å². The summed E-state index contributed by atoms with van der Waals surface area (Å²) in [5, 5.41) is 2.91. The van der Waals surface area contributed by atoms with Crippen LogP contribution in [0.1, 0.15) is 24.0 Å². The van der Waals surface area contributed by atoms with Gasteiger partial charge in [-0.25, -0.2) is 0 Å². The fourth-order valence-corrected chi connectivity index (χ4v) is 5.55. The summed E-state index contributed by atoms with van der Waals surface area (Å²) < 4.78 is 0. The SMILES string of the molecule is Cc1cccc(NC(=O)CCN2C(=O)[C@@H]3[C@H]4C=C[C@H]([C@H]5C[C@H]45)[C@@H]3C2=O)c1C. The minimum absolute atomic E-state index is 0.0609. The molecule has 1 aromatic carbocycles. The monoisotopic (exact) mass is 364 g/mol. The van der Waals surface area contributed by atoms with Crippen LogP contribution in [0.3, 0.4) is 0 Å². The zero-order valence-corrected chi connectivity index (χ0v) is 15.6. The van der Waals surface area contributed by atoms with E-state index in [1.165, 1.54) is 4.90 Å². The Labute approximate surface area is 158 Å². The van der Waals surface area contributed by atoms with Gasteiger partial charge in [0, 0.05) is 18.7 Å². The van der Waals surface area contributed by atoms with Crippen LogP contribution in [-0.4, -0.2) is 29.2 Å². The number of likely N-dealkylation sites (tertiary alicyclic amines) is 1. The lowest BCUT2D eigenvalue weighted by Crippen LogP contribution is -2.40. The number of anilines is 1. The summed E-state index contributed by atoms with van der Waals surface area (Å²) in [6.07, 6.45) is 5.64. The molecule has 4 aliphatic carbocycles. The van der Waals surface area contributed by atoms with Gasteiger partial charge in [0.15, 0.2) is 0 Å². The molecule has 3 amide bonds. The predicted molar refractivity (Wildman–Crippen MR) is 101 cm³/mol. The fourth-order valence-electron chi connectivity index (χ4n) is 5.55. The Hall–Kier alpha value is -2.43. The standard InChI is InChI=1S/C22H24N2O3/c1-11-4-3-5-17(12(11)2)23-18(25)8-9-24-21(26)19-13-6-7-14(16-10-15(13)16)20(19)22(24)27/h3-7,13-16,19-20H,8-10H2,1-2H3,(H,23,25)/t13-,14+,15-,16-,19+,20-/m1/s1. The highest BCUT2D eigenvalue weighted by molar-refractivity contribution is 6.06. The van der Waals surface area contributed by atoms with E-state index in [9.17, 15) is 14.4 Å². The van der Waals surface area contributed by atoms with Crippen molar-refractivity contribution in [2.45, 2.75) is 26.7 Å². The van der Waals surface area contributed by atoms with Crippen molar-refractivity contribution in [3.8, 4) is 0 Å². The first kappa shape index (κ1) is 16.7. The summed E-state index contributed by atoms with van der Waals surface area (Å²) in [6.45, 7) is 4.15. The average molecular weight is 364 g/mol. The first-order chi connectivity index (χ1) is 13.0. The molecule has 2 saturated carbocycles. The van der Waals surface area contributed by atoms with Gasteiger partial charge in [-0.3, -0.25) is 19.3 Å². The number of carbonyl (C=O) groups excluding carboxylic acids is 3. The van der Waals surface area contributed by atoms with Crippen LogP contribution in [0.2, 0.25) is 0 Å². The van der Waals surface area contributed by atoms with Gasteiger partial charge in [0.05, 0.1) is 11.8 Å². The first-order valence-corrected chi connectivity index (χ1v) is 9.87. The number of amides is 3. The molecule has 6 rings (SSSR count). The van der Waals surface area contributed by atoms with E-state index in [-0.39, 0.29) is 54.4 Å². The highest BCUT2D eigenvalue weighted by Crippen LogP contribution is 2.65. The third-order valence-electron chi connectivity index (χ3n) is 7.20. The van der Waals surface area contributed by atoms with Crippen molar-refractivity contribution in [1.29, 1.82) is 0 Å². The second kappa shape index (κ2) is 5.78. The van der Waals surface area contributed by atoms with E-state index >= 15 is 0 Å². The van der Waals surface area contributed by atoms with Gasteiger partial charge in [0.2, 0.25) is 17.7 Å². The molecule has 5 aliphatic rings. The number of rotatable bonds is 4. The fraction of sp³-hybridized carbons (Fsp3) is 0.500. The van der Waals surface area contributed by atoms with Crippen LogP contribution in [0.15, 0.2) is 30.4 Å². The van der Waals surface area contributed by atoms with E-state index < -0.39 is 0 Å². The van der Waals surface area contributed by atoms with Crippen LogP contribution in [-0.2, 0) is 14.4 Å². The van der Waals surface area contributed by atoms with E-state index in [4.69, 9.17) is 0 Å². The van der Waals surface area contributed by atoms with E-state index in [0.717, 1.165) is 23.2 Å².